The summed E-state index contributed by atoms with van der Waals surface area (Å²) in [7, 11) is 0. The normalized spacial score (nSPS) is 10.7. The van der Waals surface area contributed by atoms with Gasteiger partial charge >= 0.3 is 0 Å². The van der Waals surface area contributed by atoms with Gasteiger partial charge in [-0.2, -0.15) is 0 Å². The van der Waals surface area contributed by atoms with Crippen molar-refractivity contribution < 1.29 is 23.3 Å². The molecule has 0 bridgehead atoms. The van der Waals surface area contributed by atoms with Gasteiger partial charge < -0.3 is 9.15 Å². The molecule has 0 aliphatic carbocycles. The van der Waals surface area contributed by atoms with Crippen LogP contribution in [0.25, 0.3) is 0 Å². The molecule has 4 rings (SSSR count). The van der Waals surface area contributed by atoms with Gasteiger partial charge in [-0.1, -0.05) is 18.2 Å². The van der Waals surface area contributed by atoms with Crippen molar-refractivity contribution in [3.05, 3.63) is 100 Å². The molecule has 10 nitrogen and oxygen atoms in total. The Morgan fingerprint density at radius 3 is 2.69 bits per heavy atom. The standard InChI is InChI=1S/C21H16FN5O5/c22-18-4-2-1-3-14(18)11-26-13-23-21(25-26)24-20(28)19-10-9-17(32-19)12-31-16-7-5-15(6-8-16)27(29)30/h1-10,13H,11-12H2,(H,24,25,28). The lowest BCUT2D eigenvalue weighted by Crippen LogP contribution is -2.12. The number of hydrogen-bond acceptors (Lipinski definition) is 7. The van der Waals surface area contributed by atoms with E-state index in [9.17, 15) is 19.3 Å². The second-order valence-corrected chi connectivity index (χ2v) is 6.62. The van der Waals surface area contributed by atoms with E-state index in [1.54, 1.807) is 24.3 Å². The number of aromatic nitrogens is 3. The summed E-state index contributed by atoms with van der Waals surface area (Å²) in [5, 5.41) is 17.3. The maximum absolute atomic E-state index is 13.8. The van der Waals surface area contributed by atoms with Crippen LogP contribution in [-0.4, -0.2) is 25.6 Å². The molecule has 1 N–H and O–H groups in total. The maximum Gasteiger partial charge on any atom is 0.293 e. The highest BCUT2D eigenvalue weighted by Crippen LogP contribution is 2.19. The lowest BCUT2D eigenvalue weighted by atomic mass is 10.2. The van der Waals surface area contributed by atoms with Crippen molar-refractivity contribution in [3.63, 3.8) is 0 Å². The van der Waals surface area contributed by atoms with Crippen LogP contribution in [0, 0.1) is 15.9 Å². The van der Waals surface area contributed by atoms with Gasteiger partial charge in [-0.25, -0.2) is 14.1 Å². The lowest BCUT2D eigenvalue weighted by molar-refractivity contribution is -0.384. The first-order valence-corrected chi connectivity index (χ1v) is 9.38. The molecular formula is C21H16FN5O5. The second kappa shape index (κ2) is 9.08. The second-order valence-electron chi connectivity index (χ2n) is 6.62. The number of halogens is 1. The third-order valence-electron chi connectivity index (χ3n) is 4.37. The highest BCUT2D eigenvalue weighted by molar-refractivity contribution is 6.01. The van der Waals surface area contributed by atoms with Gasteiger partial charge in [-0.05, 0) is 30.3 Å². The largest absolute Gasteiger partial charge is 0.486 e. The molecule has 0 spiro atoms. The summed E-state index contributed by atoms with van der Waals surface area (Å²) in [5.41, 5.74) is 0.401. The van der Waals surface area contributed by atoms with Gasteiger partial charge in [0.05, 0.1) is 11.5 Å². The Hall–Kier alpha value is -4.54. The van der Waals surface area contributed by atoms with E-state index in [-0.39, 0.29) is 36.4 Å². The van der Waals surface area contributed by atoms with Gasteiger partial charge in [-0.15, -0.1) is 5.10 Å². The Morgan fingerprint density at radius 1 is 1.16 bits per heavy atom. The average Bonchev–Trinajstić information content (AvgIpc) is 3.44. The van der Waals surface area contributed by atoms with Crippen molar-refractivity contribution in [1.29, 1.82) is 0 Å². The number of nitro benzene ring substituents is 1. The summed E-state index contributed by atoms with van der Waals surface area (Å²) in [6.45, 7) is 0.195. The highest BCUT2D eigenvalue weighted by Gasteiger charge is 2.15. The number of amides is 1. The van der Waals surface area contributed by atoms with Crippen LogP contribution in [0.4, 0.5) is 16.0 Å². The molecule has 0 radical (unpaired) electrons. The molecule has 2 aromatic carbocycles. The Bertz CT molecular complexity index is 1250. The zero-order chi connectivity index (χ0) is 22.5. The van der Waals surface area contributed by atoms with E-state index in [2.05, 4.69) is 15.4 Å². The summed E-state index contributed by atoms with van der Waals surface area (Å²) in [5.74, 6) is -0.0406. The van der Waals surface area contributed by atoms with Crippen LogP contribution >= 0.6 is 0 Å². The fourth-order valence-corrected chi connectivity index (χ4v) is 2.79. The zero-order valence-electron chi connectivity index (χ0n) is 16.5. The molecule has 32 heavy (non-hydrogen) atoms. The number of anilines is 1. The monoisotopic (exact) mass is 437 g/mol. The first-order chi connectivity index (χ1) is 15.5. The van der Waals surface area contributed by atoms with E-state index in [0.717, 1.165) is 0 Å². The number of benzene rings is 2. The smallest absolute Gasteiger partial charge is 0.293 e. The molecule has 2 heterocycles. The fraction of sp³-hybridized carbons (Fsp3) is 0.0952. The van der Waals surface area contributed by atoms with Gasteiger partial charge in [0.2, 0.25) is 5.95 Å². The molecular weight excluding hydrogens is 421 g/mol. The van der Waals surface area contributed by atoms with Crippen LogP contribution in [0.1, 0.15) is 21.9 Å². The van der Waals surface area contributed by atoms with Crippen LogP contribution in [0.3, 0.4) is 0 Å². The summed E-state index contributed by atoms with van der Waals surface area (Å²) < 4.78 is 26.1. The Morgan fingerprint density at radius 2 is 1.94 bits per heavy atom. The molecule has 2 aromatic heterocycles. The van der Waals surface area contributed by atoms with Crippen molar-refractivity contribution in [2.45, 2.75) is 13.2 Å². The maximum atomic E-state index is 13.8. The van der Waals surface area contributed by atoms with Gasteiger partial charge in [-0.3, -0.25) is 20.2 Å². The van der Waals surface area contributed by atoms with Gasteiger partial charge in [0.1, 0.15) is 30.3 Å². The number of ether oxygens (including phenoxy) is 1. The molecule has 162 valence electrons. The number of nitrogens with one attached hydrogen (secondary N) is 1. The predicted octanol–water partition coefficient (Wildman–Crippen LogP) is 3.80. The number of carbonyl (C=O) groups is 1. The third-order valence-corrected chi connectivity index (χ3v) is 4.37. The minimum Gasteiger partial charge on any atom is -0.486 e. The quantitative estimate of drug-likeness (QED) is 0.328. The molecule has 0 saturated heterocycles. The Kier molecular flexibility index (Phi) is 5.88. The van der Waals surface area contributed by atoms with Crippen molar-refractivity contribution >= 4 is 17.5 Å². The van der Waals surface area contributed by atoms with Gasteiger partial charge in [0.25, 0.3) is 11.6 Å². The minimum atomic E-state index is -0.560. The number of nitro groups is 1. The van der Waals surface area contributed by atoms with E-state index in [4.69, 9.17) is 9.15 Å². The van der Waals surface area contributed by atoms with Gasteiger partial charge in [0.15, 0.2) is 5.76 Å². The highest BCUT2D eigenvalue weighted by atomic mass is 19.1. The molecule has 0 aliphatic heterocycles. The van der Waals surface area contributed by atoms with E-state index >= 15 is 0 Å². The predicted molar refractivity (Wildman–Crippen MR) is 110 cm³/mol. The van der Waals surface area contributed by atoms with Gasteiger partial charge in [0, 0.05) is 17.7 Å². The van der Waals surface area contributed by atoms with E-state index in [1.807, 2.05) is 0 Å². The van der Waals surface area contributed by atoms with Crippen molar-refractivity contribution in [3.8, 4) is 5.75 Å². The molecule has 1 amide bonds. The number of carbonyl (C=O) groups excluding carboxylic acids is 1. The molecule has 0 atom stereocenters. The lowest BCUT2D eigenvalue weighted by Gasteiger charge is -2.03. The summed E-state index contributed by atoms with van der Waals surface area (Å²) in [4.78, 5) is 26.5. The molecule has 4 aromatic rings. The number of rotatable bonds is 8. The van der Waals surface area contributed by atoms with Crippen molar-refractivity contribution in [1.82, 2.24) is 14.8 Å². The van der Waals surface area contributed by atoms with Crippen LogP contribution in [0.2, 0.25) is 0 Å². The molecule has 0 fully saturated rings. The summed E-state index contributed by atoms with van der Waals surface area (Å²) in [6, 6.07) is 15.0. The van der Waals surface area contributed by atoms with E-state index < -0.39 is 10.8 Å². The number of non-ortho nitro benzene ring substituents is 1. The third kappa shape index (κ3) is 4.95. The molecule has 11 heteroatoms. The van der Waals surface area contributed by atoms with Crippen molar-refractivity contribution in [2.24, 2.45) is 0 Å². The topological polar surface area (TPSA) is 125 Å². The summed E-state index contributed by atoms with van der Waals surface area (Å²) >= 11 is 0. The number of hydrogen-bond donors (Lipinski definition) is 1. The van der Waals surface area contributed by atoms with Crippen LogP contribution < -0.4 is 10.1 Å². The first-order valence-electron chi connectivity index (χ1n) is 9.38. The SMILES string of the molecule is O=C(Nc1ncn(Cc2ccccc2F)n1)c1ccc(COc2ccc([N+](=O)[O-])cc2)o1. The molecule has 0 unspecified atom stereocenters. The first kappa shape index (κ1) is 20.7. The van der Waals surface area contributed by atoms with E-state index in [1.165, 1.54) is 47.4 Å². The Balaban J connectivity index is 1.32. The van der Waals surface area contributed by atoms with Crippen LogP contribution in [0.15, 0.2) is 71.4 Å². The van der Waals surface area contributed by atoms with Crippen molar-refractivity contribution in [2.75, 3.05) is 5.32 Å². The molecule has 0 saturated carbocycles. The fourth-order valence-electron chi connectivity index (χ4n) is 2.79. The average molecular weight is 437 g/mol. The molecule has 0 aliphatic rings. The zero-order valence-corrected chi connectivity index (χ0v) is 16.5. The summed E-state index contributed by atoms with van der Waals surface area (Å²) in [6.07, 6.45) is 1.38. The van der Waals surface area contributed by atoms with Crippen LogP contribution in [0.5, 0.6) is 5.75 Å². The number of nitrogens with zero attached hydrogens (tertiary/aromatic N) is 4. The van der Waals surface area contributed by atoms with E-state index in [0.29, 0.717) is 17.1 Å². The van der Waals surface area contributed by atoms with Crippen LogP contribution in [-0.2, 0) is 13.2 Å². The minimum absolute atomic E-state index is 0.0257. The number of furan rings is 1. The Labute approximate surface area is 180 Å².